The van der Waals surface area contributed by atoms with E-state index in [0.717, 1.165) is 85.0 Å². The van der Waals surface area contributed by atoms with Crippen molar-refractivity contribution in [2.24, 2.45) is 5.41 Å². The Morgan fingerprint density at radius 3 is 2.43 bits per heavy atom. The number of sulfonamides is 1. The molecule has 0 bridgehead atoms. The third-order valence-corrected chi connectivity index (χ3v) is 16.6. The minimum absolute atomic E-state index is 0.0516. The van der Waals surface area contributed by atoms with Gasteiger partial charge in [0.15, 0.2) is 6.29 Å². The summed E-state index contributed by atoms with van der Waals surface area (Å²) in [5, 5.41) is 11.4. The Bertz CT molecular complexity index is 2130. The molecule has 4 saturated carbocycles. The van der Waals surface area contributed by atoms with Gasteiger partial charge in [-0.1, -0.05) is 25.3 Å². The molecule has 1 spiro atoms. The molecule has 7 aliphatic rings. The molecule has 12 heteroatoms. The minimum atomic E-state index is -4.23. The number of aliphatic hydroxyl groups is 1. The first kappa shape index (κ1) is 32.2. The number of ether oxygens (including phenoxy) is 2. The lowest BCUT2D eigenvalue weighted by Crippen LogP contribution is -2.96. The molecule has 1 aromatic heterocycles. The van der Waals surface area contributed by atoms with Crippen LogP contribution in [0.15, 0.2) is 36.4 Å². The Morgan fingerprint density at radius 2 is 1.78 bits per heavy atom. The third kappa shape index (κ3) is 4.02. The van der Waals surface area contributed by atoms with E-state index in [0.29, 0.717) is 12.5 Å². The van der Waals surface area contributed by atoms with Crippen molar-refractivity contribution in [1.29, 1.82) is 0 Å². The van der Waals surface area contributed by atoms with Crippen molar-refractivity contribution in [3.05, 3.63) is 53.1 Å². The number of amides is 2. The lowest BCUT2D eigenvalue weighted by atomic mass is 9.52. The molecule has 3 aromatic rings. The highest BCUT2D eigenvalue weighted by Gasteiger charge is 2.78. The van der Waals surface area contributed by atoms with E-state index in [4.69, 9.17) is 9.47 Å². The van der Waals surface area contributed by atoms with E-state index in [1.165, 1.54) is 19.1 Å². The van der Waals surface area contributed by atoms with Gasteiger partial charge in [0.1, 0.15) is 10.5 Å². The molecule has 4 aliphatic carbocycles. The number of fused-ring (bicyclic) bond motifs is 7. The van der Waals surface area contributed by atoms with E-state index in [2.05, 4.69) is 38.3 Å². The summed E-state index contributed by atoms with van der Waals surface area (Å²) in [4.78, 5) is 33.4. The van der Waals surface area contributed by atoms with Crippen molar-refractivity contribution in [2.75, 3.05) is 27.8 Å². The van der Waals surface area contributed by atoms with Crippen LogP contribution in [0.3, 0.4) is 0 Å². The standard InChI is InChI=1S/C39H46N4O7S/c1-41-20-31-39(41)14-13-30(39)43(31)35(45)37-19-28(37)27-18-24(49-2)10-12-25(27)33-32(22-7-5-4-6-8-22)26-11-9-23(17-29(26)42(33)21-37)34(44)40-51(47,48)38(15-16-38)36(46)50-3/h9-12,17-18,22,28,30-31,36,46H,4-8,13-16,19-21H2,1-3H3,(H,40,44). The van der Waals surface area contributed by atoms with Crippen molar-refractivity contribution < 1.29 is 32.6 Å². The monoisotopic (exact) mass is 714 g/mol. The summed E-state index contributed by atoms with van der Waals surface area (Å²) < 4.78 is 40.6. The van der Waals surface area contributed by atoms with Gasteiger partial charge < -0.3 is 24.0 Å². The third-order valence-electron chi connectivity index (χ3n) is 14.4. The van der Waals surface area contributed by atoms with Gasteiger partial charge in [-0.05, 0) is 99.4 Å². The summed E-state index contributed by atoms with van der Waals surface area (Å²) in [5.41, 5.74) is 5.27. The zero-order valence-electron chi connectivity index (χ0n) is 29.5. The van der Waals surface area contributed by atoms with Crippen molar-refractivity contribution >= 4 is 32.7 Å². The second kappa shape index (κ2) is 10.6. The van der Waals surface area contributed by atoms with Gasteiger partial charge in [0.2, 0.25) is 15.9 Å². The Kier molecular flexibility index (Phi) is 6.68. The molecule has 2 aromatic carbocycles. The molecule has 4 heterocycles. The molecule has 2 N–H and O–H groups in total. The summed E-state index contributed by atoms with van der Waals surface area (Å²) in [7, 11) is 0.894. The van der Waals surface area contributed by atoms with Crippen molar-refractivity contribution in [3.63, 3.8) is 0 Å². The average molecular weight is 715 g/mol. The van der Waals surface area contributed by atoms with Crippen LogP contribution >= 0.6 is 0 Å². The fourth-order valence-corrected chi connectivity index (χ4v) is 12.8. The first-order valence-corrected chi connectivity index (χ1v) is 20.2. The number of likely N-dealkylation sites (tertiary alicyclic amines) is 2. The largest absolute Gasteiger partial charge is 0.497 e. The van der Waals surface area contributed by atoms with Gasteiger partial charge in [-0.2, -0.15) is 0 Å². The number of likely N-dealkylation sites (N-methyl/N-ethyl adjacent to an activating group) is 1. The van der Waals surface area contributed by atoms with Crippen LogP contribution < -0.4 is 9.46 Å². The number of rotatable bonds is 8. The Labute approximate surface area is 298 Å². The molecule has 10 rings (SSSR count). The van der Waals surface area contributed by atoms with Crippen molar-refractivity contribution in [2.45, 2.75) is 111 Å². The SMILES string of the molecule is COc1ccc2c(c1)C1CC1(C(=O)N1C3CCC34C1CN4C)Cn1c-2c(C2CCCCC2)c2ccc(C(=O)NS(=O)(=O)C3(C(O)OC)CC3)cc21. The predicted octanol–water partition coefficient (Wildman–Crippen LogP) is 4.47. The number of nitrogens with one attached hydrogen (secondary N) is 1. The van der Waals surface area contributed by atoms with Gasteiger partial charge in [0.25, 0.3) is 5.91 Å². The van der Waals surface area contributed by atoms with Gasteiger partial charge in [-0.15, -0.1) is 0 Å². The van der Waals surface area contributed by atoms with Crippen LogP contribution in [-0.2, 0) is 26.1 Å². The number of methoxy groups -OCH3 is 2. The Morgan fingerprint density at radius 1 is 1.00 bits per heavy atom. The van der Waals surface area contributed by atoms with Crippen LogP contribution in [0.25, 0.3) is 22.2 Å². The average Bonchev–Trinajstić information content (AvgIpc) is 4.04. The van der Waals surface area contributed by atoms with Gasteiger partial charge in [-0.3, -0.25) is 14.5 Å². The highest BCUT2D eigenvalue weighted by molar-refractivity contribution is 7.91. The van der Waals surface area contributed by atoms with Crippen LogP contribution in [0.5, 0.6) is 5.75 Å². The maximum Gasteiger partial charge on any atom is 0.264 e. The van der Waals surface area contributed by atoms with E-state index in [9.17, 15) is 18.3 Å². The van der Waals surface area contributed by atoms with Crippen LogP contribution in [-0.4, -0.2) is 96.2 Å². The Balaban J connectivity index is 1.11. The molecule has 6 unspecified atom stereocenters. The number of aliphatic hydroxyl groups excluding tert-OH is 1. The number of piperazine rings is 1. The highest BCUT2D eigenvalue weighted by Crippen LogP contribution is 2.69. The van der Waals surface area contributed by atoms with Gasteiger partial charge in [0.05, 0.1) is 35.8 Å². The second-order valence-electron chi connectivity index (χ2n) is 16.5. The molecule has 0 radical (unpaired) electrons. The number of hydrogen-bond acceptors (Lipinski definition) is 8. The summed E-state index contributed by atoms with van der Waals surface area (Å²) in [6.07, 6.45) is 7.50. The lowest BCUT2D eigenvalue weighted by molar-refractivity contribution is -0.278. The number of carbonyl (C=O) groups excluding carboxylic acids is 2. The van der Waals surface area contributed by atoms with Gasteiger partial charge >= 0.3 is 0 Å². The highest BCUT2D eigenvalue weighted by atomic mass is 32.2. The molecular formula is C39H46N4O7S. The van der Waals surface area contributed by atoms with Crippen LogP contribution in [0, 0.1) is 5.41 Å². The molecular weight excluding hydrogens is 669 g/mol. The first-order valence-electron chi connectivity index (χ1n) is 18.7. The van der Waals surface area contributed by atoms with E-state index in [-0.39, 0.29) is 47.9 Å². The van der Waals surface area contributed by atoms with E-state index in [1.54, 1.807) is 13.2 Å². The smallest absolute Gasteiger partial charge is 0.264 e. The van der Waals surface area contributed by atoms with Crippen molar-refractivity contribution in [1.82, 2.24) is 19.1 Å². The van der Waals surface area contributed by atoms with Crippen LogP contribution in [0.2, 0.25) is 0 Å². The molecule has 11 nitrogen and oxygen atoms in total. The quantitative estimate of drug-likeness (QED) is 0.327. The summed E-state index contributed by atoms with van der Waals surface area (Å²) >= 11 is 0. The van der Waals surface area contributed by atoms with Gasteiger partial charge in [0, 0.05) is 48.1 Å². The lowest BCUT2D eigenvalue weighted by Gasteiger charge is -2.80. The fourth-order valence-electron chi connectivity index (χ4n) is 11.2. The molecule has 2 saturated heterocycles. The van der Waals surface area contributed by atoms with Crippen LogP contribution in [0.4, 0.5) is 0 Å². The van der Waals surface area contributed by atoms with Crippen molar-refractivity contribution in [3.8, 4) is 17.0 Å². The molecule has 6 atom stereocenters. The zero-order chi connectivity index (χ0) is 35.2. The number of nitrogens with zero attached hydrogens (tertiary/aromatic N) is 3. The number of hydrogen-bond donors (Lipinski definition) is 2. The molecule has 3 aliphatic heterocycles. The number of benzene rings is 2. The minimum Gasteiger partial charge on any atom is -0.497 e. The topological polar surface area (TPSA) is 130 Å². The molecule has 2 amide bonds. The second-order valence-corrected chi connectivity index (χ2v) is 18.5. The van der Waals surface area contributed by atoms with E-state index >= 15 is 4.79 Å². The van der Waals surface area contributed by atoms with Gasteiger partial charge in [-0.25, -0.2) is 13.1 Å². The Hall–Kier alpha value is -3.45. The summed E-state index contributed by atoms with van der Waals surface area (Å²) in [6, 6.07) is 12.4. The van der Waals surface area contributed by atoms with E-state index in [1.807, 2.05) is 18.2 Å². The molecule has 51 heavy (non-hydrogen) atoms. The maximum atomic E-state index is 15.0. The summed E-state index contributed by atoms with van der Waals surface area (Å²) in [6.45, 7) is 1.42. The number of aromatic nitrogens is 1. The molecule has 6 fully saturated rings. The normalized spacial score (nSPS) is 32.0. The van der Waals surface area contributed by atoms with Crippen LogP contribution in [0.1, 0.15) is 97.5 Å². The van der Waals surface area contributed by atoms with E-state index < -0.39 is 32.4 Å². The number of piperidine rings is 1. The predicted molar refractivity (Wildman–Crippen MR) is 190 cm³/mol. The fraction of sp³-hybridized carbons (Fsp3) is 0.590. The zero-order valence-corrected chi connectivity index (χ0v) is 30.3. The summed E-state index contributed by atoms with van der Waals surface area (Å²) in [5.74, 6) is 0.665. The number of carbonyl (C=O) groups is 2. The molecule has 270 valence electrons. The maximum absolute atomic E-state index is 15.0. The first-order chi connectivity index (χ1) is 24.5.